The van der Waals surface area contributed by atoms with Gasteiger partial charge in [-0.1, -0.05) is 0 Å². The minimum absolute atomic E-state index is 0.184. The van der Waals surface area contributed by atoms with Crippen LogP contribution in [-0.2, 0) is 30.2 Å². The van der Waals surface area contributed by atoms with Crippen LogP contribution in [0.5, 0.6) is 0 Å². The first-order valence-corrected chi connectivity index (χ1v) is 8.23. The Kier molecular flexibility index (Phi) is 5.16. The fraction of sp³-hybridized carbons (Fsp3) is 0.462. The Morgan fingerprint density at radius 1 is 1.38 bits per heavy atom. The molecule has 2 aromatic heterocycles. The van der Waals surface area contributed by atoms with Crippen LogP contribution < -0.4 is 4.72 Å². The van der Waals surface area contributed by atoms with Crippen LogP contribution in [0.4, 0.5) is 0 Å². The van der Waals surface area contributed by atoms with E-state index in [2.05, 4.69) is 9.71 Å². The van der Waals surface area contributed by atoms with E-state index in [1.807, 2.05) is 10.8 Å². The van der Waals surface area contributed by atoms with E-state index in [1.54, 1.807) is 24.1 Å². The van der Waals surface area contributed by atoms with Crippen LogP contribution in [-0.4, -0.2) is 34.2 Å². The standard InChI is InChI=1S/C13H20N4O3S/c1-16-9-13(8-12(16)10-18)21(19,20)15-4-2-3-6-17-7-5-14-11-17/h5,7-9,11,15,18H,2-4,6,10H2,1H3. The Morgan fingerprint density at radius 2 is 2.19 bits per heavy atom. The number of rotatable bonds is 8. The Hall–Kier alpha value is -1.64. The van der Waals surface area contributed by atoms with E-state index >= 15 is 0 Å². The lowest BCUT2D eigenvalue weighted by Gasteiger charge is -2.05. The summed E-state index contributed by atoms with van der Waals surface area (Å²) in [5.41, 5.74) is 0.565. The third kappa shape index (κ3) is 4.16. The van der Waals surface area contributed by atoms with E-state index < -0.39 is 10.0 Å². The fourth-order valence-corrected chi connectivity index (χ4v) is 3.18. The highest BCUT2D eigenvalue weighted by Gasteiger charge is 2.16. The van der Waals surface area contributed by atoms with Crippen molar-refractivity contribution in [1.29, 1.82) is 0 Å². The van der Waals surface area contributed by atoms with Crippen molar-refractivity contribution < 1.29 is 13.5 Å². The zero-order valence-corrected chi connectivity index (χ0v) is 12.8. The van der Waals surface area contributed by atoms with Crippen LogP contribution in [0, 0.1) is 0 Å². The SMILES string of the molecule is Cn1cc(S(=O)(=O)NCCCCn2ccnc2)cc1CO. The van der Waals surface area contributed by atoms with Gasteiger partial charge in [0.05, 0.1) is 17.8 Å². The Labute approximate surface area is 124 Å². The number of aryl methyl sites for hydroxylation is 2. The summed E-state index contributed by atoms with van der Waals surface area (Å²) in [6.45, 7) is 1.03. The molecule has 0 fully saturated rings. The molecule has 0 unspecified atom stereocenters. The lowest BCUT2D eigenvalue weighted by Crippen LogP contribution is -2.24. The van der Waals surface area contributed by atoms with E-state index in [-0.39, 0.29) is 11.5 Å². The zero-order chi connectivity index (χ0) is 15.3. The summed E-state index contributed by atoms with van der Waals surface area (Å²) in [7, 11) is -1.80. The molecule has 0 saturated heterocycles. The van der Waals surface area contributed by atoms with Crippen molar-refractivity contribution in [3.63, 3.8) is 0 Å². The molecule has 0 aliphatic rings. The topological polar surface area (TPSA) is 89.2 Å². The lowest BCUT2D eigenvalue weighted by molar-refractivity contribution is 0.272. The maximum absolute atomic E-state index is 12.1. The molecule has 21 heavy (non-hydrogen) atoms. The minimum atomic E-state index is -3.51. The summed E-state index contributed by atoms with van der Waals surface area (Å²) in [5, 5.41) is 9.09. The molecule has 0 atom stereocenters. The maximum atomic E-state index is 12.1. The van der Waals surface area contributed by atoms with Crippen LogP contribution in [0.15, 0.2) is 35.9 Å². The third-order valence-electron chi connectivity index (χ3n) is 3.25. The molecule has 0 spiro atoms. The molecule has 116 valence electrons. The van der Waals surface area contributed by atoms with Crippen molar-refractivity contribution in [2.75, 3.05) is 6.54 Å². The van der Waals surface area contributed by atoms with E-state index in [4.69, 9.17) is 5.11 Å². The monoisotopic (exact) mass is 312 g/mol. The van der Waals surface area contributed by atoms with E-state index in [0.717, 1.165) is 19.4 Å². The van der Waals surface area contributed by atoms with Gasteiger partial charge in [0, 0.05) is 44.4 Å². The lowest BCUT2D eigenvalue weighted by atomic mass is 10.3. The number of aliphatic hydroxyl groups excluding tert-OH is 1. The van der Waals surface area contributed by atoms with Gasteiger partial charge in [0.25, 0.3) is 0 Å². The summed E-state index contributed by atoms with van der Waals surface area (Å²) in [5.74, 6) is 0. The second kappa shape index (κ2) is 6.88. The van der Waals surface area contributed by atoms with E-state index in [9.17, 15) is 8.42 Å². The fourth-order valence-electron chi connectivity index (χ4n) is 2.01. The van der Waals surface area contributed by atoms with Gasteiger partial charge in [-0.2, -0.15) is 0 Å². The van der Waals surface area contributed by atoms with Gasteiger partial charge >= 0.3 is 0 Å². The van der Waals surface area contributed by atoms with Gasteiger partial charge in [-0.15, -0.1) is 0 Å². The molecule has 0 radical (unpaired) electrons. The summed E-state index contributed by atoms with van der Waals surface area (Å²) < 4.78 is 30.3. The Morgan fingerprint density at radius 3 is 2.81 bits per heavy atom. The van der Waals surface area contributed by atoms with Crippen LogP contribution in [0.1, 0.15) is 18.5 Å². The van der Waals surface area contributed by atoms with E-state index in [0.29, 0.717) is 12.2 Å². The molecule has 2 N–H and O–H groups in total. The molecule has 0 aromatic carbocycles. The first-order valence-electron chi connectivity index (χ1n) is 6.74. The molecular formula is C13H20N4O3S. The van der Waals surface area contributed by atoms with Gasteiger partial charge in [-0.25, -0.2) is 18.1 Å². The van der Waals surface area contributed by atoms with Gasteiger partial charge in [0.15, 0.2) is 0 Å². The second-order valence-electron chi connectivity index (χ2n) is 4.84. The number of unbranched alkanes of at least 4 members (excludes halogenated alkanes) is 1. The molecular weight excluding hydrogens is 292 g/mol. The van der Waals surface area contributed by atoms with Crippen LogP contribution >= 0.6 is 0 Å². The van der Waals surface area contributed by atoms with Crippen molar-refractivity contribution in [3.8, 4) is 0 Å². The molecule has 7 nitrogen and oxygen atoms in total. The van der Waals surface area contributed by atoms with Crippen molar-refractivity contribution >= 4 is 10.0 Å². The Bertz CT molecular complexity index is 662. The van der Waals surface area contributed by atoms with Gasteiger partial charge in [0.2, 0.25) is 10.0 Å². The molecule has 0 aliphatic carbocycles. The average molecular weight is 312 g/mol. The van der Waals surface area contributed by atoms with Crippen LogP contribution in [0.2, 0.25) is 0 Å². The average Bonchev–Trinajstić information content (AvgIpc) is 3.07. The maximum Gasteiger partial charge on any atom is 0.242 e. The van der Waals surface area contributed by atoms with Crippen molar-refractivity contribution in [1.82, 2.24) is 18.8 Å². The minimum Gasteiger partial charge on any atom is -0.390 e. The van der Waals surface area contributed by atoms with Gasteiger partial charge in [-0.05, 0) is 18.9 Å². The van der Waals surface area contributed by atoms with Crippen LogP contribution in [0.25, 0.3) is 0 Å². The summed E-state index contributed by atoms with van der Waals surface area (Å²) in [6.07, 6.45) is 8.46. The number of sulfonamides is 1. The highest BCUT2D eigenvalue weighted by molar-refractivity contribution is 7.89. The number of nitrogens with zero attached hydrogens (tertiary/aromatic N) is 3. The summed E-state index contributed by atoms with van der Waals surface area (Å²) in [6, 6.07) is 1.48. The predicted molar refractivity (Wildman–Crippen MR) is 78.0 cm³/mol. The van der Waals surface area contributed by atoms with Crippen molar-refractivity contribution in [2.45, 2.75) is 30.9 Å². The number of imidazole rings is 1. The largest absolute Gasteiger partial charge is 0.390 e. The molecule has 8 heteroatoms. The zero-order valence-electron chi connectivity index (χ0n) is 11.9. The molecule has 0 saturated carbocycles. The molecule has 2 rings (SSSR count). The van der Waals surface area contributed by atoms with Crippen LogP contribution in [0.3, 0.4) is 0 Å². The summed E-state index contributed by atoms with van der Waals surface area (Å²) in [4.78, 5) is 4.13. The molecule has 0 amide bonds. The highest BCUT2D eigenvalue weighted by Crippen LogP contribution is 2.13. The first-order chi connectivity index (χ1) is 10.0. The van der Waals surface area contributed by atoms with Gasteiger partial charge in [0.1, 0.15) is 0 Å². The Balaban J connectivity index is 1.80. The second-order valence-corrected chi connectivity index (χ2v) is 6.61. The van der Waals surface area contributed by atoms with Gasteiger partial charge < -0.3 is 14.2 Å². The highest BCUT2D eigenvalue weighted by atomic mass is 32.2. The first kappa shape index (κ1) is 15.7. The normalized spacial score (nSPS) is 11.9. The quantitative estimate of drug-likeness (QED) is 0.694. The van der Waals surface area contributed by atoms with E-state index in [1.165, 1.54) is 12.3 Å². The third-order valence-corrected chi connectivity index (χ3v) is 4.68. The molecule has 2 aromatic rings. The smallest absolute Gasteiger partial charge is 0.242 e. The van der Waals surface area contributed by atoms with Gasteiger partial charge in [-0.3, -0.25) is 0 Å². The molecule has 0 aliphatic heterocycles. The van der Waals surface area contributed by atoms with Crippen molar-refractivity contribution in [2.24, 2.45) is 7.05 Å². The number of aliphatic hydroxyl groups is 1. The number of nitrogens with one attached hydrogen (secondary N) is 1. The number of hydrogen-bond acceptors (Lipinski definition) is 4. The summed E-state index contributed by atoms with van der Waals surface area (Å²) >= 11 is 0. The van der Waals surface area contributed by atoms with Crippen molar-refractivity contribution in [3.05, 3.63) is 36.7 Å². The molecule has 0 bridgehead atoms. The number of aromatic nitrogens is 3. The molecule has 2 heterocycles. The number of hydrogen-bond donors (Lipinski definition) is 2. The predicted octanol–water partition coefficient (Wildman–Crippen LogP) is 0.473.